The molecule has 2 aromatic rings. The van der Waals surface area contributed by atoms with Crippen LogP contribution in [0.2, 0.25) is 0 Å². The van der Waals surface area contributed by atoms with Crippen molar-refractivity contribution in [3.63, 3.8) is 0 Å². The highest BCUT2D eigenvalue weighted by Crippen LogP contribution is 2.14. The van der Waals surface area contributed by atoms with Crippen LogP contribution in [0.4, 0.5) is 0 Å². The standard InChI is InChI=1S/C9H10N4O/c1-6-5-8(13(2)12-6)7-3-4-9(14)11-10-7/h3-5H,1-2H3,(H,11,14). The van der Waals surface area contributed by atoms with E-state index in [9.17, 15) is 4.79 Å². The number of aromatic nitrogens is 4. The summed E-state index contributed by atoms with van der Waals surface area (Å²) in [6.45, 7) is 1.91. The van der Waals surface area contributed by atoms with Gasteiger partial charge in [-0.2, -0.15) is 10.2 Å². The van der Waals surface area contributed by atoms with E-state index in [1.807, 2.05) is 20.0 Å². The minimum absolute atomic E-state index is 0.201. The first-order chi connectivity index (χ1) is 6.66. The van der Waals surface area contributed by atoms with Crippen LogP contribution in [0.3, 0.4) is 0 Å². The molecule has 0 fully saturated rings. The molecule has 0 radical (unpaired) electrons. The molecule has 0 unspecified atom stereocenters. The van der Waals surface area contributed by atoms with E-state index < -0.39 is 0 Å². The normalized spacial score (nSPS) is 10.4. The second-order valence-corrected chi connectivity index (χ2v) is 3.10. The molecule has 0 aliphatic rings. The van der Waals surface area contributed by atoms with Gasteiger partial charge in [0.25, 0.3) is 5.56 Å². The van der Waals surface area contributed by atoms with E-state index in [0.29, 0.717) is 5.69 Å². The largest absolute Gasteiger partial charge is 0.268 e. The highest BCUT2D eigenvalue weighted by atomic mass is 16.1. The Kier molecular flexibility index (Phi) is 1.92. The third kappa shape index (κ3) is 1.44. The summed E-state index contributed by atoms with van der Waals surface area (Å²) in [5, 5.41) is 10.5. The Morgan fingerprint density at radius 3 is 2.71 bits per heavy atom. The first-order valence-corrected chi connectivity index (χ1v) is 4.23. The lowest BCUT2D eigenvalue weighted by Gasteiger charge is -1.98. The molecule has 0 saturated heterocycles. The third-order valence-electron chi connectivity index (χ3n) is 1.94. The smallest absolute Gasteiger partial charge is 0.264 e. The number of nitrogens with zero attached hydrogens (tertiary/aromatic N) is 3. The van der Waals surface area contributed by atoms with E-state index in [0.717, 1.165) is 11.4 Å². The number of H-pyrrole nitrogens is 1. The fourth-order valence-corrected chi connectivity index (χ4v) is 1.34. The van der Waals surface area contributed by atoms with Crippen molar-refractivity contribution in [2.24, 2.45) is 7.05 Å². The summed E-state index contributed by atoms with van der Waals surface area (Å²) in [6.07, 6.45) is 0. The Hall–Kier alpha value is -1.91. The summed E-state index contributed by atoms with van der Waals surface area (Å²) in [6, 6.07) is 5.04. The maximum atomic E-state index is 10.8. The van der Waals surface area contributed by atoms with Crippen LogP contribution in [0.15, 0.2) is 23.0 Å². The summed E-state index contributed by atoms with van der Waals surface area (Å²) in [4.78, 5) is 10.8. The predicted molar refractivity (Wildman–Crippen MR) is 51.8 cm³/mol. The molecule has 0 saturated carbocycles. The summed E-state index contributed by atoms with van der Waals surface area (Å²) < 4.78 is 1.73. The monoisotopic (exact) mass is 190 g/mol. The van der Waals surface area contributed by atoms with Crippen LogP contribution in [0.1, 0.15) is 5.69 Å². The molecule has 72 valence electrons. The Bertz CT molecular complexity index is 491. The first kappa shape index (κ1) is 8.68. The molecule has 2 aromatic heterocycles. The maximum Gasteiger partial charge on any atom is 0.264 e. The minimum atomic E-state index is -0.201. The van der Waals surface area contributed by atoms with Crippen molar-refractivity contribution < 1.29 is 0 Å². The minimum Gasteiger partial charge on any atom is -0.268 e. The molecule has 0 bridgehead atoms. The molecule has 2 rings (SSSR count). The van der Waals surface area contributed by atoms with Gasteiger partial charge in [0.15, 0.2) is 0 Å². The van der Waals surface area contributed by atoms with Gasteiger partial charge in [0.2, 0.25) is 0 Å². The lowest BCUT2D eigenvalue weighted by atomic mass is 10.3. The van der Waals surface area contributed by atoms with Crippen LogP contribution in [-0.4, -0.2) is 20.0 Å². The SMILES string of the molecule is Cc1cc(-c2ccc(=O)[nH]n2)n(C)n1. The highest BCUT2D eigenvalue weighted by Gasteiger charge is 2.05. The van der Waals surface area contributed by atoms with Crippen LogP contribution < -0.4 is 5.56 Å². The molecule has 0 aliphatic heterocycles. The Balaban J connectivity index is 2.54. The van der Waals surface area contributed by atoms with Crippen molar-refractivity contribution in [1.29, 1.82) is 0 Å². The molecule has 0 amide bonds. The first-order valence-electron chi connectivity index (χ1n) is 4.23. The summed E-state index contributed by atoms with van der Waals surface area (Å²) in [5.74, 6) is 0. The van der Waals surface area contributed by atoms with E-state index in [2.05, 4.69) is 15.3 Å². The second kappa shape index (κ2) is 3.10. The number of aryl methyl sites for hydroxylation is 2. The van der Waals surface area contributed by atoms with E-state index in [-0.39, 0.29) is 5.56 Å². The second-order valence-electron chi connectivity index (χ2n) is 3.10. The van der Waals surface area contributed by atoms with Crippen LogP contribution in [-0.2, 0) is 7.05 Å². The molecule has 0 spiro atoms. The van der Waals surface area contributed by atoms with Gasteiger partial charge in [-0.05, 0) is 19.1 Å². The Morgan fingerprint density at radius 2 is 2.21 bits per heavy atom. The third-order valence-corrected chi connectivity index (χ3v) is 1.94. The van der Waals surface area contributed by atoms with Crippen molar-refractivity contribution in [1.82, 2.24) is 20.0 Å². The van der Waals surface area contributed by atoms with Crippen molar-refractivity contribution in [2.75, 3.05) is 0 Å². The fourth-order valence-electron chi connectivity index (χ4n) is 1.34. The molecule has 0 atom stereocenters. The molecule has 5 nitrogen and oxygen atoms in total. The van der Waals surface area contributed by atoms with Gasteiger partial charge in [-0.1, -0.05) is 0 Å². The number of nitrogens with one attached hydrogen (secondary N) is 1. The molecule has 5 heteroatoms. The topological polar surface area (TPSA) is 63.6 Å². The molecule has 0 aromatic carbocycles. The Morgan fingerprint density at radius 1 is 1.43 bits per heavy atom. The maximum absolute atomic E-state index is 10.8. The van der Waals surface area contributed by atoms with Crippen molar-refractivity contribution in [3.05, 3.63) is 34.2 Å². The van der Waals surface area contributed by atoms with Crippen LogP contribution >= 0.6 is 0 Å². The van der Waals surface area contributed by atoms with Crippen LogP contribution in [0, 0.1) is 6.92 Å². The number of hydrogen-bond donors (Lipinski definition) is 1. The van der Waals surface area contributed by atoms with Crippen molar-refractivity contribution in [3.8, 4) is 11.4 Å². The van der Waals surface area contributed by atoms with E-state index in [1.165, 1.54) is 6.07 Å². The van der Waals surface area contributed by atoms with Gasteiger partial charge < -0.3 is 0 Å². The van der Waals surface area contributed by atoms with Crippen LogP contribution in [0.5, 0.6) is 0 Å². The summed E-state index contributed by atoms with van der Waals surface area (Å²) >= 11 is 0. The number of rotatable bonds is 1. The highest BCUT2D eigenvalue weighted by molar-refractivity contribution is 5.53. The molecule has 14 heavy (non-hydrogen) atoms. The quantitative estimate of drug-likeness (QED) is 0.711. The van der Waals surface area contributed by atoms with Gasteiger partial charge in [-0.3, -0.25) is 9.48 Å². The summed E-state index contributed by atoms with van der Waals surface area (Å²) in [7, 11) is 1.84. The average molecular weight is 190 g/mol. The lowest BCUT2D eigenvalue weighted by molar-refractivity contribution is 0.759. The van der Waals surface area contributed by atoms with Gasteiger partial charge >= 0.3 is 0 Å². The molecule has 2 heterocycles. The van der Waals surface area contributed by atoms with Gasteiger partial charge in [-0.15, -0.1) is 0 Å². The number of hydrogen-bond acceptors (Lipinski definition) is 3. The zero-order valence-electron chi connectivity index (χ0n) is 7.98. The average Bonchev–Trinajstić information content (AvgIpc) is 2.47. The van der Waals surface area contributed by atoms with E-state index >= 15 is 0 Å². The van der Waals surface area contributed by atoms with Crippen molar-refractivity contribution in [2.45, 2.75) is 6.92 Å². The summed E-state index contributed by atoms with van der Waals surface area (Å²) in [5.41, 5.74) is 2.33. The molecular formula is C9H10N4O. The van der Waals surface area contributed by atoms with Gasteiger partial charge in [0.05, 0.1) is 11.4 Å². The molecule has 1 N–H and O–H groups in total. The number of aromatic amines is 1. The molecular weight excluding hydrogens is 180 g/mol. The predicted octanol–water partition coefficient (Wildman–Crippen LogP) is 0.479. The van der Waals surface area contributed by atoms with Gasteiger partial charge in [-0.25, -0.2) is 5.10 Å². The zero-order valence-corrected chi connectivity index (χ0v) is 7.98. The van der Waals surface area contributed by atoms with Crippen molar-refractivity contribution >= 4 is 0 Å². The zero-order chi connectivity index (χ0) is 10.1. The molecule has 0 aliphatic carbocycles. The van der Waals surface area contributed by atoms with Gasteiger partial charge in [0.1, 0.15) is 5.69 Å². The van der Waals surface area contributed by atoms with Crippen LogP contribution in [0.25, 0.3) is 11.4 Å². The Labute approximate surface area is 80.4 Å². The van der Waals surface area contributed by atoms with Gasteiger partial charge in [0, 0.05) is 13.1 Å². The van der Waals surface area contributed by atoms with E-state index in [1.54, 1.807) is 10.7 Å². The van der Waals surface area contributed by atoms with E-state index in [4.69, 9.17) is 0 Å². The fraction of sp³-hybridized carbons (Fsp3) is 0.222. The lowest BCUT2D eigenvalue weighted by Crippen LogP contribution is -2.06.